The molecule has 0 bridgehead atoms. The fourth-order valence-electron chi connectivity index (χ4n) is 3.50. The first kappa shape index (κ1) is 18.3. The van der Waals surface area contributed by atoms with Crippen molar-refractivity contribution >= 4 is 24.1 Å². The molecule has 0 radical (unpaired) electrons. The van der Waals surface area contributed by atoms with Gasteiger partial charge in [0.2, 0.25) is 0 Å². The molecule has 1 unspecified atom stereocenters. The zero-order valence-corrected chi connectivity index (χ0v) is 16.6. The van der Waals surface area contributed by atoms with Crippen LogP contribution in [0.15, 0.2) is 18.5 Å². The second kappa shape index (κ2) is 7.43. The lowest BCUT2D eigenvalue weighted by molar-refractivity contribution is 0.370. The number of benzene rings is 1. The molecule has 1 aliphatic rings. The molecule has 1 aliphatic heterocycles. The Morgan fingerprint density at radius 2 is 1.88 bits per heavy atom. The van der Waals surface area contributed by atoms with Gasteiger partial charge in [0.1, 0.15) is 12.1 Å². The van der Waals surface area contributed by atoms with Crippen molar-refractivity contribution in [2.24, 2.45) is 5.92 Å². The number of rotatable bonds is 5. The van der Waals surface area contributed by atoms with E-state index >= 15 is 0 Å². The van der Waals surface area contributed by atoms with Crippen molar-refractivity contribution in [3.05, 3.63) is 29.6 Å². The summed E-state index contributed by atoms with van der Waals surface area (Å²) in [5, 5.41) is 1.14. The number of nitrogens with zero attached hydrogens (tertiary/aromatic N) is 3. The van der Waals surface area contributed by atoms with E-state index in [1.54, 1.807) is 20.1 Å². The summed E-state index contributed by atoms with van der Waals surface area (Å²) in [4.78, 5) is 11.4. The average Bonchev–Trinajstić information content (AvgIpc) is 2.61. The number of fused-ring (bicyclic) bond motifs is 1. The Morgan fingerprint density at radius 3 is 2.56 bits per heavy atom. The lowest BCUT2D eigenvalue weighted by Crippen LogP contribution is -2.34. The molecule has 2 heterocycles. The number of piperidine rings is 1. The van der Waals surface area contributed by atoms with Gasteiger partial charge in [-0.15, -0.1) is 0 Å². The molecule has 1 saturated heterocycles. The standard InChI is InChI=1S/C19H28N3O2P/c1-14-11-17-18(12-15(14)2)20-13-21-19(17)22-8-5-16(6-9-22)7-10-25(4,23)24-3/h11-13,16H,5-10H2,1-4H3. The van der Waals surface area contributed by atoms with Gasteiger partial charge in [0.25, 0.3) is 0 Å². The van der Waals surface area contributed by atoms with Gasteiger partial charge in [-0.1, -0.05) is 0 Å². The summed E-state index contributed by atoms with van der Waals surface area (Å²) in [6.45, 7) is 7.97. The highest BCUT2D eigenvalue weighted by molar-refractivity contribution is 7.58. The molecular formula is C19H28N3O2P. The molecule has 25 heavy (non-hydrogen) atoms. The third kappa shape index (κ3) is 4.21. The maximum Gasteiger partial charge on any atom is 0.199 e. The molecule has 1 fully saturated rings. The van der Waals surface area contributed by atoms with Gasteiger partial charge in [-0.05, 0) is 62.3 Å². The third-order valence-corrected chi connectivity index (χ3v) is 7.32. The van der Waals surface area contributed by atoms with Gasteiger partial charge < -0.3 is 9.42 Å². The fourth-order valence-corrected chi connectivity index (χ4v) is 4.51. The van der Waals surface area contributed by atoms with E-state index in [-0.39, 0.29) is 0 Å². The summed E-state index contributed by atoms with van der Waals surface area (Å²) in [5.74, 6) is 1.67. The highest BCUT2D eigenvalue weighted by Crippen LogP contribution is 2.43. The van der Waals surface area contributed by atoms with E-state index in [1.165, 1.54) is 11.1 Å². The summed E-state index contributed by atoms with van der Waals surface area (Å²) < 4.78 is 17.2. The summed E-state index contributed by atoms with van der Waals surface area (Å²) >= 11 is 0. The van der Waals surface area contributed by atoms with Crippen LogP contribution in [0.2, 0.25) is 0 Å². The van der Waals surface area contributed by atoms with Crippen molar-refractivity contribution in [2.45, 2.75) is 33.1 Å². The van der Waals surface area contributed by atoms with Gasteiger partial charge >= 0.3 is 0 Å². The Labute approximate surface area is 150 Å². The topological polar surface area (TPSA) is 55.3 Å². The minimum atomic E-state index is -2.39. The van der Waals surface area contributed by atoms with Crippen molar-refractivity contribution in [3.63, 3.8) is 0 Å². The summed E-state index contributed by atoms with van der Waals surface area (Å²) in [5.41, 5.74) is 3.55. The van der Waals surface area contributed by atoms with Gasteiger partial charge in [0.15, 0.2) is 7.37 Å². The SMILES string of the molecule is COP(C)(=O)CCC1CCN(c2ncnc3cc(C)c(C)cc23)CC1. The lowest BCUT2D eigenvalue weighted by atomic mass is 9.94. The molecule has 6 heteroatoms. The lowest BCUT2D eigenvalue weighted by Gasteiger charge is -2.33. The highest BCUT2D eigenvalue weighted by Gasteiger charge is 2.24. The van der Waals surface area contributed by atoms with Crippen molar-refractivity contribution in [2.75, 3.05) is 37.9 Å². The van der Waals surface area contributed by atoms with Crippen LogP contribution in [0.25, 0.3) is 10.9 Å². The van der Waals surface area contributed by atoms with Crippen LogP contribution in [0.3, 0.4) is 0 Å². The molecule has 0 amide bonds. The van der Waals surface area contributed by atoms with Crippen LogP contribution < -0.4 is 4.90 Å². The molecule has 0 saturated carbocycles. The van der Waals surface area contributed by atoms with Crippen molar-refractivity contribution in [3.8, 4) is 0 Å². The van der Waals surface area contributed by atoms with E-state index in [4.69, 9.17) is 4.52 Å². The smallest absolute Gasteiger partial charge is 0.199 e. The monoisotopic (exact) mass is 361 g/mol. The third-order valence-electron chi connectivity index (χ3n) is 5.47. The quantitative estimate of drug-likeness (QED) is 0.739. The Balaban J connectivity index is 1.70. The van der Waals surface area contributed by atoms with E-state index in [1.807, 2.05) is 0 Å². The maximum absolute atomic E-state index is 12.1. The summed E-state index contributed by atoms with van der Waals surface area (Å²) in [6, 6.07) is 4.35. The van der Waals surface area contributed by atoms with E-state index in [2.05, 4.69) is 40.8 Å². The normalized spacial score (nSPS) is 18.5. The predicted molar refractivity (Wildman–Crippen MR) is 104 cm³/mol. The number of hydrogen-bond donors (Lipinski definition) is 0. The second-order valence-corrected chi connectivity index (χ2v) is 10.1. The van der Waals surface area contributed by atoms with E-state index in [0.717, 1.165) is 49.1 Å². The van der Waals surface area contributed by atoms with Gasteiger partial charge in [0.05, 0.1) is 5.52 Å². The zero-order valence-electron chi connectivity index (χ0n) is 15.7. The van der Waals surface area contributed by atoms with Crippen molar-refractivity contribution < 1.29 is 9.09 Å². The number of aromatic nitrogens is 2. The molecule has 5 nitrogen and oxygen atoms in total. The Bertz CT molecular complexity index is 801. The maximum atomic E-state index is 12.1. The Kier molecular flexibility index (Phi) is 5.45. The molecule has 2 aromatic rings. The van der Waals surface area contributed by atoms with Gasteiger partial charge in [0, 0.05) is 38.4 Å². The number of aryl methyl sites for hydroxylation is 2. The molecule has 3 rings (SSSR count). The molecular weight excluding hydrogens is 333 g/mol. The molecule has 1 aromatic carbocycles. The Morgan fingerprint density at radius 1 is 1.20 bits per heavy atom. The Hall–Kier alpha value is -1.45. The van der Waals surface area contributed by atoms with Crippen LogP contribution in [-0.4, -0.2) is 43.0 Å². The molecule has 0 N–H and O–H groups in total. The zero-order chi connectivity index (χ0) is 18.0. The first-order chi connectivity index (χ1) is 11.9. The predicted octanol–water partition coefficient (Wildman–Crippen LogP) is 4.41. The fraction of sp³-hybridized carbons (Fsp3) is 0.579. The molecule has 0 aliphatic carbocycles. The van der Waals surface area contributed by atoms with Gasteiger partial charge in [-0.2, -0.15) is 0 Å². The number of hydrogen-bond acceptors (Lipinski definition) is 5. The van der Waals surface area contributed by atoms with Crippen LogP contribution in [0.5, 0.6) is 0 Å². The molecule has 1 atom stereocenters. The van der Waals surface area contributed by atoms with Crippen LogP contribution in [0.4, 0.5) is 5.82 Å². The largest absolute Gasteiger partial charge is 0.356 e. The second-order valence-electron chi connectivity index (χ2n) is 7.29. The van der Waals surface area contributed by atoms with Crippen molar-refractivity contribution in [1.82, 2.24) is 9.97 Å². The molecule has 1 aromatic heterocycles. The van der Waals surface area contributed by atoms with Gasteiger partial charge in [-0.25, -0.2) is 9.97 Å². The molecule has 136 valence electrons. The van der Waals surface area contributed by atoms with E-state index in [9.17, 15) is 4.57 Å². The molecule has 0 spiro atoms. The highest BCUT2D eigenvalue weighted by atomic mass is 31.2. The van der Waals surface area contributed by atoms with Crippen LogP contribution in [0, 0.1) is 19.8 Å². The van der Waals surface area contributed by atoms with E-state index in [0.29, 0.717) is 12.1 Å². The van der Waals surface area contributed by atoms with Crippen LogP contribution >= 0.6 is 7.37 Å². The van der Waals surface area contributed by atoms with Gasteiger partial charge in [-0.3, -0.25) is 4.57 Å². The summed E-state index contributed by atoms with van der Waals surface area (Å²) in [6.07, 6.45) is 5.56. The minimum Gasteiger partial charge on any atom is -0.356 e. The van der Waals surface area contributed by atoms with Crippen LogP contribution in [-0.2, 0) is 9.09 Å². The summed E-state index contributed by atoms with van der Waals surface area (Å²) in [7, 11) is -0.841. The van der Waals surface area contributed by atoms with E-state index < -0.39 is 7.37 Å². The van der Waals surface area contributed by atoms with Crippen LogP contribution in [0.1, 0.15) is 30.4 Å². The first-order valence-corrected chi connectivity index (χ1v) is 11.2. The average molecular weight is 361 g/mol. The minimum absolute atomic E-state index is 0.622. The number of anilines is 1. The first-order valence-electron chi connectivity index (χ1n) is 8.99. The van der Waals surface area contributed by atoms with Crippen molar-refractivity contribution in [1.29, 1.82) is 0 Å².